The van der Waals surface area contributed by atoms with E-state index in [0.717, 1.165) is 22.9 Å². The first-order chi connectivity index (χ1) is 11.9. The predicted octanol–water partition coefficient (Wildman–Crippen LogP) is 5.41. The van der Waals surface area contributed by atoms with Gasteiger partial charge in [-0.3, -0.25) is 0 Å². The fraction of sp³-hybridized carbons (Fsp3) is 0.238. The van der Waals surface area contributed by atoms with E-state index in [1.54, 1.807) is 0 Å². The summed E-state index contributed by atoms with van der Waals surface area (Å²) in [5.74, 6) is 2.27. The summed E-state index contributed by atoms with van der Waals surface area (Å²) >= 11 is 0. The molecule has 0 amide bonds. The van der Waals surface area contributed by atoms with Gasteiger partial charge < -0.3 is 10.6 Å². The Hall–Kier alpha value is -2.88. The van der Waals surface area contributed by atoms with Gasteiger partial charge in [-0.1, -0.05) is 42.5 Å². The van der Waals surface area contributed by atoms with E-state index >= 15 is 0 Å². The number of aryl methyl sites for hydroxylation is 1. The molecule has 4 heteroatoms. The normalized spacial score (nSPS) is 11.2. The Morgan fingerprint density at radius 1 is 0.800 bits per heavy atom. The van der Waals surface area contributed by atoms with Crippen molar-refractivity contribution in [2.45, 2.75) is 33.2 Å². The Bertz CT molecular complexity index is 851. The largest absolute Gasteiger partial charge is 0.365 e. The minimum atomic E-state index is -0.0804. The van der Waals surface area contributed by atoms with Crippen LogP contribution >= 0.6 is 0 Å². The lowest BCUT2D eigenvalue weighted by atomic mass is 10.1. The number of nitrogens with zero attached hydrogens (tertiary/aromatic N) is 2. The third-order valence-electron chi connectivity index (χ3n) is 3.55. The van der Waals surface area contributed by atoms with Crippen molar-refractivity contribution in [3.8, 4) is 11.4 Å². The molecular formula is C21H24N4. The molecule has 0 unspecified atom stereocenters. The van der Waals surface area contributed by atoms with Gasteiger partial charge in [0.25, 0.3) is 0 Å². The highest BCUT2D eigenvalue weighted by atomic mass is 15.1. The van der Waals surface area contributed by atoms with E-state index < -0.39 is 0 Å². The molecule has 128 valence electrons. The van der Waals surface area contributed by atoms with Crippen LogP contribution < -0.4 is 10.6 Å². The SMILES string of the molecule is Cc1cccc(Nc2cc(NC(C)(C)C)nc(-c3ccccc3)n2)c1. The number of hydrogen-bond acceptors (Lipinski definition) is 4. The Labute approximate surface area is 149 Å². The van der Waals surface area contributed by atoms with Crippen molar-refractivity contribution in [1.82, 2.24) is 9.97 Å². The Morgan fingerprint density at radius 3 is 2.20 bits per heavy atom. The van der Waals surface area contributed by atoms with Gasteiger partial charge >= 0.3 is 0 Å². The number of hydrogen-bond donors (Lipinski definition) is 2. The van der Waals surface area contributed by atoms with E-state index in [9.17, 15) is 0 Å². The third kappa shape index (κ3) is 4.80. The standard InChI is InChI=1S/C21H24N4/c1-15-9-8-12-17(13-15)22-18-14-19(25-21(2,3)4)24-20(23-18)16-10-6-5-7-11-16/h5-14H,1-4H3,(H2,22,23,24,25). The molecule has 3 rings (SSSR count). The molecule has 0 bridgehead atoms. The molecule has 0 atom stereocenters. The van der Waals surface area contributed by atoms with E-state index in [0.29, 0.717) is 5.82 Å². The molecule has 3 aromatic rings. The summed E-state index contributed by atoms with van der Waals surface area (Å²) in [6.45, 7) is 8.42. The van der Waals surface area contributed by atoms with Crippen LogP contribution in [0, 0.1) is 6.92 Å². The van der Waals surface area contributed by atoms with Crippen LogP contribution in [0.4, 0.5) is 17.3 Å². The molecular weight excluding hydrogens is 308 g/mol. The Balaban J connectivity index is 2.00. The zero-order chi connectivity index (χ0) is 17.9. The number of rotatable bonds is 4. The van der Waals surface area contributed by atoms with Crippen LogP contribution in [-0.2, 0) is 0 Å². The third-order valence-corrected chi connectivity index (χ3v) is 3.55. The molecule has 0 saturated carbocycles. The lowest BCUT2D eigenvalue weighted by molar-refractivity contribution is 0.630. The minimum absolute atomic E-state index is 0.0804. The number of benzene rings is 2. The second kappa shape index (κ2) is 6.93. The van der Waals surface area contributed by atoms with E-state index in [2.05, 4.69) is 55.4 Å². The van der Waals surface area contributed by atoms with Crippen LogP contribution in [0.1, 0.15) is 26.3 Å². The van der Waals surface area contributed by atoms with Crippen LogP contribution in [0.15, 0.2) is 60.7 Å². The molecule has 1 aromatic heterocycles. The molecule has 25 heavy (non-hydrogen) atoms. The van der Waals surface area contributed by atoms with Crippen molar-refractivity contribution in [3.63, 3.8) is 0 Å². The molecule has 0 aliphatic heterocycles. The Morgan fingerprint density at radius 2 is 1.52 bits per heavy atom. The topological polar surface area (TPSA) is 49.8 Å². The second-order valence-electron chi connectivity index (χ2n) is 7.20. The van der Waals surface area contributed by atoms with E-state index in [1.807, 2.05) is 48.5 Å². The fourth-order valence-corrected chi connectivity index (χ4v) is 2.55. The quantitative estimate of drug-likeness (QED) is 0.671. The van der Waals surface area contributed by atoms with E-state index in [-0.39, 0.29) is 5.54 Å². The predicted molar refractivity (Wildman–Crippen MR) is 105 cm³/mol. The molecule has 4 nitrogen and oxygen atoms in total. The van der Waals surface area contributed by atoms with Gasteiger partial charge in [0.05, 0.1) is 0 Å². The van der Waals surface area contributed by atoms with Gasteiger partial charge in [-0.25, -0.2) is 9.97 Å². The first kappa shape index (κ1) is 17.0. The van der Waals surface area contributed by atoms with Gasteiger partial charge in [0, 0.05) is 22.9 Å². The molecule has 0 spiro atoms. The van der Waals surface area contributed by atoms with Crippen molar-refractivity contribution in [3.05, 3.63) is 66.2 Å². The van der Waals surface area contributed by atoms with Crippen molar-refractivity contribution in [2.24, 2.45) is 0 Å². The molecule has 1 heterocycles. The average molecular weight is 332 g/mol. The van der Waals surface area contributed by atoms with Gasteiger partial charge in [-0.15, -0.1) is 0 Å². The van der Waals surface area contributed by atoms with E-state index in [4.69, 9.17) is 4.98 Å². The number of anilines is 3. The van der Waals surface area contributed by atoms with Crippen LogP contribution in [0.2, 0.25) is 0 Å². The van der Waals surface area contributed by atoms with Crippen molar-refractivity contribution in [1.29, 1.82) is 0 Å². The van der Waals surface area contributed by atoms with Gasteiger partial charge in [0.1, 0.15) is 11.6 Å². The monoisotopic (exact) mass is 332 g/mol. The van der Waals surface area contributed by atoms with E-state index in [1.165, 1.54) is 5.56 Å². The van der Waals surface area contributed by atoms with Crippen LogP contribution in [0.25, 0.3) is 11.4 Å². The lowest BCUT2D eigenvalue weighted by Gasteiger charge is -2.22. The van der Waals surface area contributed by atoms with Gasteiger partial charge in [0.2, 0.25) is 0 Å². The smallest absolute Gasteiger partial charge is 0.163 e. The number of nitrogens with one attached hydrogen (secondary N) is 2. The van der Waals surface area contributed by atoms with Crippen LogP contribution in [0.5, 0.6) is 0 Å². The maximum absolute atomic E-state index is 4.70. The Kier molecular flexibility index (Phi) is 4.70. The molecule has 0 saturated heterocycles. The summed E-state index contributed by atoms with van der Waals surface area (Å²) in [6, 6.07) is 20.2. The summed E-state index contributed by atoms with van der Waals surface area (Å²) in [7, 11) is 0. The van der Waals surface area contributed by atoms with Crippen LogP contribution in [-0.4, -0.2) is 15.5 Å². The highest BCUT2D eigenvalue weighted by molar-refractivity contribution is 5.65. The minimum Gasteiger partial charge on any atom is -0.365 e. The lowest BCUT2D eigenvalue weighted by Crippen LogP contribution is -2.26. The maximum Gasteiger partial charge on any atom is 0.163 e. The summed E-state index contributed by atoms with van der Waals surface area (Å²) in [5.41, 5.74) is 3.13. The summed E-state index contributed by atoms with van der Waals surface area (Å²) in [6.07, 6.45) is 0. The first-order valence-corrected chi connectivity index (χ1v) is 8.45. The highest BCUT2D eigenvalue weighted by Crippen LogP contribution is 2.24. The molecule has 0 fully saturated rings. The zero-order valence-corrected chi connectivity index (χ0v) is 15.2. The molecule has 2 N–H and O–H groups in total. The molecule has 0 aliphatic carbocycles. The summed E-state index contributed by atoms with van der Waals surface area (Å²) in [5, 5.41) is 6.83. The van der Waals surface area contributed by atoms with Crippen molar-refractivity contribution in [2.75, 3.05) is 10.6 Å². The second-order valence-corrected chi connectivity index (χ2v) is 7.20. The average Bonchev–Trinajstić information content (AvgIpc) is 2.54. The number of aromatic nitrogens is 2. The first-order valence-electron chi connectivity index (χ1n) is 8.45. The fourth-order valence-electron chi connectivity index (χ4n) is 2.55. The zero-order valence-electron chi connectivity index (χ0n) is 15.2. The molecule has 2 aromatic carbocycles. The van der Waals surface area contributed by atoms with Crippen molar-refractivity contribution >= 4 is 17.3 Å². The maximum atomic E-state index is 4.70. The van der Waals surface area contributed by atoms with Crippen molar-refractivity contribution < 1.29 is 0 Å². The highest BCUT2D eigenvalue weighted by Gasteiger charge is 2.13. The molecule has 0 radical (unpaired) electrons. The summed E-state index contributed by atoms with van der Waals surface area (Å²) < 4.78 is 0. The van der Waals surface area contributed by atoms with Gasteiger partial charge in [-0.2, -0.15) is 0 Å². The van der Waals surface area contributed by atoms with Gasteiger partial charge in [-0.05, 0) is 45.4 Å². The molecule has 0 aliphatic rings. The van der Waals surface area contributed by atoms with Gasteiger partial charge in [0.15, 0.2) is 5.82 Å². The summed E-state index contributed by atoms with van der Waals surface area (Å²) in [4.78, 5) is 9.38. The van der Waals surface area contributed by atoms with Crippen LogP contribution in [0.3, 0.4) is 0 Å².